The van der Waals surface area contributed by atoms with Crippen molar-refractivity contribution < 1.29 is 10.2 Å². The van der Waals surface area contributed by atoms with Crippen LogP contribution in [0.15, 0.2) is 41.2 Å². The molecular weight excluding hydrogens is 254 g/mol. The summed E-state index contributed by atoms with van der Waals surface area (Å²) in [5.41, 5.74) is 1.04. The largest absolute Gasteiger partial charge is 0.508 e. The number of fused-ring (bicyclic) bond motifs is 3. The highest BCUT2D eigenvalue weighted by atomic mass is 16.3. The Morgan fingerprint density at radius 2 is 1.85 bits per heavy atom. The number of H-pyrrole nitrogens is 1. The van der Waals surface area contributed by atoms with Gasteiger partial charge in [-0.3, -0.25) is 4.79 Å². The van der Waals surface area contributed by atoms with Crippen molar-refractivity contribution in [1.82, 2.24) is 4.98 Å². The van der Waals surface area contributed by atoms with E-state index in [1.54, 1.807) is 24.3 Å². The van der Waals surface area contributed by atoms with Crippen LogP contribution >= 0.6 is 0 Å². The first kappa shape index (κ1) is 12.3. The number of phenolic OH excluding ortho intramolecular Hbond substituents is 1. The Balaban J connectivity index is 2.37. The van der Waals surface area contributed by atoms with Gasteiger partial charge in [0.2, 0.25) is 0 Å². The van der Waals surface area contributed by atoms with E-state index in [2.05, 4.69) is 16.8 Å². The van der Waals surface area contributed by atoms with Crippen molar-refractivity contribution in [3.8, 4) is 17.6 Å². The van der Waals surface area contributed by atoms with Gasteiger partial charge < -0.3 is 15.2 Å². The minimum atomic E-state index is -0.231. The number of benzene rings is 2. The SMILES string of the molecule is O=c1[nH]c2cc(O)ccc2c2ccc(C#CCO)cc12. The number of aromatic hydroxyl groups is 1. The summed E-state index contributed by atoms with van der Waals surface area (Å²) < 4.78 is 0. The lowest BCUT2D eigenvalue weighted by Gasteiger charge is -2.04. The molecule has 0 spiro atoms. The number of rotatable bonds is 0. The zero-order valence-corrected chi connectivity index (χ0v) is 10.5. The third kappa shape index (κ3) is 2.00. The van der Waals surface area contributed by atoms with Crippen LogP contribution in [-0.2, 0) is 0 Å². The highest BCUT2D eigenvalue weighted by Gasteiger charge is 2.06. The van der Waals surface area contributed by atoms with Crippen molar-refractivity contribution >= 4 is 21.7 Å². The predicted molar refractivity (Wildman–Crippen MR) is 77.7 cm³/mol. The van der Waals surface area contributed by atoms with Gasteiger partial charge in [-0.25, -0.2) is 0 Å². The molecule has 1 aromatic heterocycles. The van der Waals surface area contributed by atoms with E-state index in [1.807, 2.05) is 6.07 Å². The van der Waals surface area contributed by atoms with E-state index >= 15 is 0 Å². The lowest BCUT2D eigenvalue weighted by atomic mass is 10.0. The summed E-state index contributed by atoms with van der Waals surface area (Å²) in [6, 6.07) is 10.2. The minimum absolute atomic E-state index is 0.109. The fourth-order valence-corrected chi connectivity index (χ4v) is 2.25. The number of hydrogen-bond donors (Lipinski definition) is 3. The van der Waals surface area contributed by atoms with Gasteiger partial charge in [-0.2, -0.15) is 0 Å². The zero-order chi connectivity index (χ0) is 14.1. The maximum Gasteiger partial charge on any atom is 0.256 e. The smallest absolute Gasteiger partial charge is 0.256 e. The molecule has 0 aliphatic heterocycles. The quantitative estimate of drug-likeness (QED) is 0.428. The van der Waals surface area contributed by atoms with E-state index < -0.39 is 0 Å². The second-order valence-corrected chi connectivity index (χ2v) is 4.40. The van der Waals surface area contributed by atoms with Crippen molar-refractivity contribution in [2.75, 3.05) is 6.61 Å². The molecule has 4 nitrogen and oxygen atoms in total. The molecule has 0 aliphatic carbocycles. The van der Waals surface area contributed by atoms with Gasteiger partial charge in [0.25, 0.3) is 5.56 Å². The lowest BCUT2D eigenvalue weighted by molar-refractivity contribution is 0.350. The number of pyridine rings is 1. The fraction of sp³-hybridized carbons (Fsp3) is 0.0625. The van der Waals surface area contributed by atoms with E-state index in [0.29, 0.717) is 16.5 Å². The molecule has 4 heteroatoms. The third-order valence-corrected chi connectivity index (χ3v) is 3.12. The molecule has 3 aromatic rings. The monoisotopic (exact) mass is 265 g/mol. The first-order chi connectivity index (χ1) is 9.69. The average molecular weight is 265 g/mol. The Bertz CT molecular complexity index is 929. The van der Waals surface area contributed by atoms with Crippen LogP contribution in [0, 0.1) is 11.8 Å². The Kier molecular flexibility index (Phi) is 2.90. The Hall–Kier alpha value is -2.77. The molecule has 98 valence electrons. The summed E-state index contributed by atoms with van der Waals surface area (Å²) in [6.07, 6.45) is 0. The first-order valence-electron chi connectivity index (χ1n) is 6.07. The molecule has 0 unspecified atom stereocenters. The summed E-state index contributed by atoms with van der Waals surface area (Å²) in [5, 5.41) is 20.4. The van der Waals surface area contributed by atoms with Gasteiger partial charge in [0.05, 0.1) is 5.52 Å². The normalized spacial score (nSPS) is 10.4. The molecule has 1 heterocycles. The van der Waals surface area contributed by atoms with E-state index in [4.69, 9.17) is 5.11 Å². The van der Waals surface area contributed by atoms with Gasteiger partial charge in [0.15, 0.2) is 0 Å². The average Bonchev–Trinajstić information content (AvgIpc) is 2.45. The van der Waals surface area contributed by atoms with Gasteiger partial charge >= 0.3 is 0 Å². The van der Waals surface area contributed by atoms with Gasteiger partial charge in [-0.05, 0) is 29.7 Å². The topological polar surface area (TPSA) is 73.3 Å². The number of aromatic nitrogens is 1. The summed E-state index contributed by atoms with van der Waals surface area (Å²) >= 11 is 0. The van der Waals surface area contributed by atoms with E-state index in [-0.39, 0.29) is 17.9 Å². The Morgan fingerprint density at radius 1 is 1.05 bits per heavy atom. The summed E-state index contributed by atoms with van der Waals surface area (Å²) in [7, 11) is 0. The van der Waals surface area contributed by atoms with Crippen LogP contribution in [0.25, 0.3) is 21.7 Å². The van der Waals surface area contributed by atoms with Crippen molar-refractivity contribution in [2.45, 2.75) is 0 Å². The molecule has 0 atom stereocenters. The molecule has 0 radical (unpaired) electrons. The number of nitrogens with one attached hydrogen (secondary N) is 1. The maximum absolute atomic E-state index is 12.1. The first-order valence-corrected chi connectivity index (χ1v) is 6.07. The molecule has 20 heavy (non-hydrogen) atoms. The van der Waals surface area contributed by atoms with Crippen LogP contribution in [0.4, 0.5) is 0 Å². The number of phenols is 1. The molecule has 0 bridgehead atoms. The number of hydrogen-bond acceptors (Lipinski definition) is 3. The van der Waals surface area contributed by atoms with E-state index in [1.165, 1.54) is 6.07 Å². The number of aliphatic hydroxyl groups excluding tert-OH is 1. The molecule has 0 saturated carbocycles. The van der Waals surface area contributed by atoms with Gasteiger partial charge in [0, 0.05) is 22.4 Å². The number of aliphatic hydroxyl groups is 1. The van der Waals surface area contributed by atoms with Crippen molar-refractivity contribution in [3.63, 3.8) is 0 Å². The van der Waals surface area contributed by atoms with Crippen molar-refractivity contribution in [2.24, 2.45) is 0 Å². The highest BCUT2D eigenvalue weighted by molar-refractivity contribution is 6.05. The van der Waals surface area contributed by atoms with E-state index in [0.717, 1.165) is 10.8 Å². The van der Waals surface area contributed by atoms with Crippen LogP contribution in [0.2, 0.25) is 0 Å². The molecule has 0 fully saturated rings. The lowest BCUT2D eigenvalue weighted by Crippen LogP contribution is -2.06. The highest BCUT2D eigenvalue weighted by Crippen LogP contribution is 2.24. The predicted octanol–water partition coefficient (Wildman–Crippen LogP) is 1.73. The van der Waals surface area contributed by atoms with Crippen molar-refractivity contribution in [1.29, 1.82) is 0 Å². The van der Waals surface area contributed by atoms with Gasteiger partial charge in [-0.1, -0.05) is 17.9 Å². The van der Waals surface area contributed by atoms with Crippen LogP contribution < -0.4 is 5.56 Å². The standard InChI is InChI=1S/C16H11NO3/c18-7-1-2-10-3-5-12-13-6-4-11(19)9-15(13)17-16(20)14(12)8-10/h3-6,8-9,18-19H,7H2,(H,17,20). The molecule has 2 aromatic carbocycles. The Labute approximate surface area is 114 Å². The molecule has 3 rings (SSSR count). The van der Waals surface area contributed by atoms with Gasteiger partial charge in [-0.15, -0.1) is 0 Å². The maximum atomic E-state index is 12.1. The molecule has 3 N–H and O–H groups in total. The molecule has 0 saturated heterocycles. The summed E-state index contributed by atoms with van der Waals surface area (Å²) in [4.78, 5) is 14.8. The van der Waals surface area contributed by atoms with E-state index in [9.17, 15) is 9.90 Å². The van der Waals surface area contributed by atoms with Crippen LogP contribution in [0.1, 0.15) is 5.56 Å². The molecular formula is C16H11NO3. The Morgan fingerprint density at radius 3 is 2.65 bits per heavy atom. The molecule has 0 amide bonds. The zero-order valence-electron chi connectivity index (χ0n) is 10.5. The van der Waals surface area contributed by atoms with Crippen LogP contribution in [0.3, 0.4) is 0 Å². The summed E-state index contributed by atoms with van der Waals surface area (Å²) in [6.45, 7) is -0.217. The summed E-state index contributed by atoms with van der Waals surface area (Å²) in [5.74, 6) is 5.44. The minimum Gasteiger partial charge on any atom is -0.508 e. The molecule has 0 aliphatic rings. The van der Waals surface area contributed by atoms with Crippen LogP contribution in [-0.4, -0.2) is 21.8 Å². The fourth-order valence-electron chi connectivity index (χ4n) is 2.25. The van der Waals surface area contributed by atoms with Crippen LogP contribution in [0.5, 0.6) is 5.75 Å². The number of aromatic amines is 1. The second-order valence-electron chi connectivity index (χ2n) is 4.40. The van der Waals surface area contributed by atoms with Crippen molar-refractivity contribution in [3.05, 3.63) is 52.3 Å². The third-order valence-electron chi connectivity index (χ3n) is 3.12. The second kappa shape index (κ2) is 4.72. The van der Waals surface area contributed by atoms with Gasteiger partial charge in [0.1, 0.15) is 12.4 Å².